The molecule has 3 heteroatoms. The van der Waals surface area contributed by atoms with Gasteiger partial charge in [-0.05, 0) is 34.5 Å². The predicted octanol–water partition coefficient (Wildman–Crippen LogP) is 2.20. The summed E-state index contributed by atoms with van der Waals surface area (Å²) in [7, 11) is 0. The van der Waals surface area contributed by atoms with Gasteiger partial charge in [0.1, 0.15) is 0 Å². The van der Waals surface area contributed by atoms with E-state index >= 15 is 0 Å². The highest BCUT2D eigenvalue weighted by atomic mass is 79.9. The van der Waals surface area contributed by atoms with Crippen molar-refractivity contribution < 1.29 is 0 Å². The van der Waals surface area contributed by atoms with Crippen LogP contribution in [0.1, 0.15) is 12.5 Å². The molecule has 0 radical (unpaired) electrons. The third-order valence-electron chi connectivity index (χ3n) is 1.38. The van der Waals surface area contributed by atoms with Crippen LogP contribution in [0.2, 0.25) is 0 Å². The van der Waals surface area contributed by atoms with Crippen LogP contribution in [0.3, 0.4) is 0 Å². The minimum atomic E-state index is 0.0880. The van der Waals surface area contributed by atoms with E-state index in [0.717, 1.165) is 10.0 Å². The van der Waals surface area contributed by atoms with E-state index in [0.29, 0.717) is 0 Å². The second-order valence-electron chi connectivity index (χ2n) is 2.62. The molecule has 2 nitrogen and oxygen atoms in total. The number of hydrogen-bond acceptors (Lipinski definition) is 2. The summed E-state index contributed by atoms with van der Waals surface area (Å²) >= 11 is 3.39. The first-order valence-corrected chi connectivity index (χ1v) is 4.53. The number of hydrogen-bond donors (Lipinski definition) is 1. The van der Waals surface area contributed by atoms with Crippen LogP contribution in [0.25, 0.3) is 6.08 Å². The average molecular weight is 227 g/mol. The molecule has 0 spiro atoms. The lowest BCUT2D eigenvalue weighted by molar-refractivity contribution is 0.930. The first kappa shape index (κ1) is 9.42. The topological polar surface area (TPSA) is 38.9 Å². The summed E-state index contributed by atoms with van der Waals surface area (Å²) in [6.45, 7) is 1.94. The maximum atomic E-state index is 5.57. The van der Waals surface area contributed by atoms with Crippen molar-refractivity contribution in [3.63, 3.8) is 0 Å². The van der Waals surface area contributed by atoms with Gasteiger partial charge in [-0.3, -0.25) is 4.98 Å². The van der Waals surface area contributed by atoms with Crippen molar-refractivity contribution in [1.82, 2.24) is 4.98 Å². The van der Waals surface area contributed by atoms with Crippen LogP contribution in [-0.4, -0.2) is 11.0 Å². The number of aromatic nitrogens is 1. The van der Waals surface area contributed by atoms with Gasteiger partial charge in [0.25, 0.3) is 0 Å². The molecule has 0 saturated carbocycles. The smallest absolute Gasteiger partial charge is 0.0431 e. The van der Waals surface area contributed by atoms with Crippen molar-refractivity contribution in [2.24, 2.45) is 5.73 Å². The molecular weight excluding hydrogens is 216 g/mol. The molecule has 1 heterocycles. The van der Waals surface area contributed by atoms with Gasteiger partial charge in [-0.1, -0.05) is 12.2 Å². The Morgan fingerprint density at radius 1 is 1.67 bits per heavy atom. The minimum absolute atomic E-state index is 0.0880. The minimum Gasteiger partial charge on any atom is -0.325 e. The van der Waals surface area contributed by atoms with Gasteiger partial charge in [0.05, 0.1) is 0 Å². The second-order valence-corrected chi connectivity index (χ2v) is 3.47. The van der Waals surface area contributed by atoms with Gasteiger partial charge in [-0.25, -0.2) is 0 Å². The maximum Gasteiger partial charge on any atom is 0.0431 e. The Hall–Kier alpha value is -0.670. The third-order valence-corrected chi connectivity index (χ3v) is 2.05. The highest BCUT2D eigenvalue weighted by Gasteiger charge is 1.93. The van der Waals surface area contributed by atoms with Crippen LogP contribution in [0.15, 0.2) is 29.0 Å². The van der Waals surface area contributed by atoms with Gasteiger partial charge in [0.15, 0.2) is 0 Å². The normalized spacial score (nSPS) is 13.6. The van der Waals surface area contributed by atoms with Crippen molar-refractivity contribution in [3.05, 3.63) is 34.6 Å². The number of rotatable bonds is 2. The van der Waals surface area contributed by atoms with Gasteiger partial charge in [0, 0.05) is 22.9 Å². The molecular formula is C9H11BrN2. The molecule has 0 aliphatic rings. The van der Waals surface area contributed by atoms with Crippen molar-refractivity contribution in [1.29, 1.82) is 0 Å². The summed E-state index contributed by atoms with van der Waals surface area (Å²) in [5, 5.41) is 0. The van der Waals surface area contributed by atoms with E-state index in [9.17, 15) is 0 Å². The molecule has 1 atom stereocenters. The average Bonchev–Trinajstić information content (AvgIpc) is 2.03. The molecule has 0 aliphatic carbocycles. The van der Waals surface area contributed by atoms with Crippen molar-refractivity contribution in [2.45, 2.75) is 13.0 Å². The molecule has 1 aromatic rings. The van der Waals surface area contributed by atoms with Gasteiger partial charge < -0.3 is 5.73 Å². The van der Waals surface area contributed by atoms with Gasteiger partial charge in [-0.2, -0.15) is 0 Å². The van der Waals surface area contributed by atoms with Gasteiger partial charge >= 0.3 is 0 Å². The fraction of sp³-hybridized carbons (Fsp3) is 0.222. The summed E-state index contributed by atoms with van der Waals surface area (Å²) in [5.41, 5.74) is 6.67. The summed E-state index contributed by atoms with van der Waals surface area (Å²) in [4.78, 5) is 3.96. The molecule has 0 bridgehead atoms. The summed E-state index contributed by atoms with van der Waals surface area (Å²) in [6.07, 6.45) is 7.45. The van der Waals surface area contributed by atoms with Crippen LogP contribution in [0, 0.1) is 0 Å². The van der Waals surface area contributed by atoms with Crippen LogP contribution >= 0.6 is 15.9 Å². The Morgan fingerprint density at radius 2 is 2.42 bits per heavy atom. The molecule has 2 N–H and O–H groups in total. The number of halogens is 1. The largest absolute Gasteiger partial charge is 0.325 e. The molecule has 12 heavy (non-hydrogen) atoms. The Balaban J connectivity index is 2.82. The zero-order valence-electron chi connectivity index (χ0n) is 6.87. The van der Waals surface area contributed by atoms with E-state index in [1.54, 1.807) is 12.4 Å². The Labute approximate surface area is 80.6 Å². The molecule has 0 aliphatic heterocycles. The van der Waals surface area contributed by atoms with Crippen molar-refractivity contribution in [3.8, 4) is 0 Å². The highest BCUT2D eigenvalue weighted by molar-refractivity contribution is 9.10. The number of nitrogens with zero attached hydrogens (tertiary/aromatic N) is 1. The SMILES string of the molecule is CC(N)/C=C/c1ccncc1Br. The Morgan fingerprint density at radius 3 is 3.00 bits per heavy atom. The first-order chi connectivity index (χ1) is 5.70. The fourth-order valence-corrected chi connectivity index (χ4v) is 1.16. The molecule has 64 valence electrons. The molecule has 0 aromatic carbocycles. The van der Waals surface area contributed by atoms with Crippen LogP contribution < -0.4 is 5.73 Å². The van der Waals surface area contributed by atoms with Gasteiger partial charge in [-0.15, -0.1) is 0 Å². The maximum absolute atomic E-state index is 5.57. The van der Waals surface area contributed by atoms with E-state index < -0.39 is 0 Å². The summed E-state index contributed by atoms with van der Waals surface area (Å²) < 4.78 is 0.988. The van der Waals surface area contributed by atoms with Gasteiger partial charge in [0.2, 0.25) is 0 Å². The molecule has 0 saturated heterocycles. The summed E-state index contributed by atoms with van der Waals surface area (Å²) in [6, 6.07) is 2.02. The Bertz CT molecular complexity index is 282. The second kappa shape index (κ2) is 4.38. The predicted molar refractivity (Wildman–Crippen MR) is 54.6 cm³/mol. The summed E-state index contributed by atoms with van der Waals surface area (Å²) in [5.74, 6) is 0. The van der Waals surface area contributed by atoms with Crippen LogP contribution in [-0.2, 0) is 0 Å². The molecule has 0 fully saturated rings. The van der Waals surface area contributed by atoms with E-state index in [-0.39, 0.29) is 6.04 Å². The van der Waals surface area contributed by atoms with E-state index in [4.69, 9.17) is 5.73 Å². The zero-order chi connectivity index (χ0) is 8.97. The standard InChI is InChI=1S/C9H11BrN2/c1-7(11)2-3-8-4-5-12-6-9(8)10/h2-7H,11H2,1H3/b3-2+. The van der Waals surface area contributed by atoms with Crippen molar-refractivity contribution in [2.75, 3.05) is 0 Å². The quantitative estimate of drug-likeness (QED) is 0.841. The molecule has 1 rings (SSSR count). The molecule has 1 unspecified atom stereocenters. The van der Waals surface area contributed by atoms with E-state index in [1.807, 2.05) is 25.1 Å². The number of pyridine rings is 1. The zero-order valence-corrected chi connectivity index (χ0v) is 8.45. The first-order valence-electron chi connectivity index (χ1n) is 3.73. The lowest BCUT2D eigenvalue weighted by Gasteiger charge is -1.97. The molecule has 1 aromatic heterocycles. The van der Waals surface area contributed by atoms with Crippen molar-refractivity contribution >= 4 is 22.0 Å². The Kier molecular flexibility index (Phi) is 3.44. The highest BCUT2D eigenvalue weighted by Crippen LogP contribution is 2.15. The van der Waals surface area contributed by atoms with Crippen LogP contribution in [0.4, 0.5) is 0 Å². The molecule has 0 amide bonds. The third kappa shape index (κ3) is 2.75. The lowest BCUT2D eigenvalue weighted by Crippen LogP contribution is -2.09. The monoisotopic (exact) mass is 226 g/mol. The lowest BCUT2D eigenvalue weighted by atomic mass is 10.2. The van der Waals surface area contributed by atoms with E-state index in [1.165, 1.54) is 0 Å². The van der Waals surface area contributed by atoms with Crippen LogP contribution in [0.5, 0.6) is 0 Å². The number of nitrogens with two attached hydrogens (primary N) is 1. The van der Waals surface area contributed by atoms with E-state index in [2.05, 4.69) is 20.9 Å². The fourth-order valence-electron chi connectivity index (χ4n) is 0.777.